The summed E-state index contributed by atoms with van der Waals surface area (Å²) in [5, 5.41) is 12.7. The highest BCUT2D eigenvalue weighted by Gasteiger charge is 2.21. The highest BCUT2D eigenvalue weighted by molar-refractivity contribution is 4.81. The lowest BCUT2D eigenvalue weighted by Crippen LogP contribution is -2.46. The van der Waals surface area contributed by atoms with E-state index in [0.29, 0.717) is 12.5 Å². The van der Waals surface area contributed by atoms with Gasteiger partial charge < -0.3 is 15.2 Å². The Hall–Kier alpha value is -0.120. The normalized spacial score (nSPS) is 15.6. The maximum Gasteiger partial charge on any atom is 0.0611 e. The van der Waals surface area contributed by atoms with Crippen molar-refractivity contribution in [2.45, 2.75) is 46.1 Å². The van der Waals surface area contributed by atoms with Crippen LogP contribution in [0.3, 0.4) is 0 Å². The zero-order valence-corrected chi connectivity index (χ0v) is 10.7. The van der Waals surface area contributed by atoms with Crippen LogP contribution in [0.25, 0.3) is 0 Å². The largest absolute Gasteiger partial charge is 0.394 e. The first-order chi connectivity index (χ1) is 7.04. The lowest BCUT2D eigenvalue weighted by molar-refractivity contribution is 0.0730. The van der Waals surface area contributed by atoms with Gasteiger partial charge in [0.15, 0.2) is 0 Å². The summed E-state index contributed by atoms with van der Waals surface area (Å²) in [6, 6.07) is 0. The van der Waals surface area contributed by atoms with Gasteiger partial charge in [0.05, 0.1) is 6.61 Å². The van der Waals surface area contributed by atoms with E-state index in [1.807, 2.05) is 6.92 Å². The van der Waals surface area contributed by atoms with Gasteiger partial charge in [-0.15, -0.1) is 0 Å². The Balaban J connectivity index is 3.67. The molecule has 0 rings (SSSR count). The summed E-state index contributed by atoms with van der Waals surface area (Å²) >= 11 is 0. The van der Waals surface area contributed by atoms with Gasteiger partial charge in [0.2, 0.25) is 0 Å². The van der Waals surface area contributed by atoms with E-state index < -0.39 is 0 Å². The highest BCUT2D eigenvalue weighted by Crippen LogP contribution is 2.09. The van der Waals surface area contributed by atoms with Crippen molar-refractivity contribution in [2.75, 3.05) is 26.4 Å². The average molecular weight is 217 g/mol. The van der Waals surface area contributed by atoms with Crippen LogP contribution in [0.5, 0.6) is 0 Å². The molecule has 0 aliphatic heterocycles. The molecule has 1 atom stereocenters. The first-order valence-corrected chi connectivity index (χ1v) is 5.97. The van der Waals surface area contributed by atoms with Crippen LogP contribution in [0.4, 0.5) is 0 Å². The van der Waals surface area contributed by atoms with E-state index in [1.54, 1.807) is 0 Å². The topological polar surface area (TPSA) is 41.5 Å². The second-order valence-electron chi connectivity index (χ2n) is 4.86. The molecule has 0 saturated heterocycles. The van der Waals surface area contributed by atoms with Gasteiger partial charge in [-0.1, -0.05) is 20.8 Å². The number of aliphatic hydroxyl groups excluding tert-OH is 1. The van der Waals surface area contributed by atoms with E-state index in [9.17, 15) is 5.11 Å². The average Bonchev–Trinajstić information content (AvgIpc) is 2.21. The fourth-order valence-corrected chi connectivity index (χ4v) is 1.27. The summed E-state index contributed by atoms with van der Waals surface area (Å²) in [5.74, 6) is 0.578. The molecule has 0 amide bonds. The zero-order valence-electron chi connectivity index (χ0n) is 10.7. The van der Waals surface area contributed by atoms with E-state index >= 15 is 0 Å². The van der Waals surface area contributed by atoms with Crippen LogP contribution in [0.2, 0.25) is 0 Å². The number of hydrogen-bond acceptors (Lipinski definition) is 3. The molecule has 0 fully saturated rings. The maximum atomic E-state index is 9.30. The molecule has 0 heterocycles. The Morgan fingerprint density at radius 2 is 2.07 bits per heavy atom. The van der Waals surface area contributed by atoms with Crippen LogP contribution in [0.15, 0.2) is 0 Å². The molecule has 0 aromatic heterocycles. The maximum absolute atomic E-state index is 9.30. The molecule has 3 heteroatoms. The first kappa shape index (κ1) is 14.9. The van der Waals surface area contributed by atoms with Gasteiger partial charge in [-0.3, -0.25) is 0 Å². The van der Waals surface area contributed by atoms with E-state index in [0.717, 1.165) is 26.0 Å². The third-order valence-electron chi connectivity index (χ3n) is 2.40. The summed E-state index contributed by atoms with van der Waals surface area (Å²) in [4.78, 5) is 0. The molecule has 3 nitrogen and oxygen atoms in total. The van der Waals surface area contributed by atoms with Gasteiger partial charge in [-0.2, -0.15) is 0 Å². The van der Waals surface area contributed by atoms with Gasteiger partial charge in [0.1, 0.15) is 0 Å². The van der Waals surface area contributed by atoms with Crippen LogP contribution in [0.1, 0.15) is 40.5 Å². The van der Waals surface area contributed by atoms with E-state index in [4.69, 9.17) is 4.74 Å². The molecule has 0 radical (unpaired) electrons. The molecule has 92 valence electrons. The standard InChI is InChI=1S/C12H27NO2/c1-5-7-13-12(4,10-14)6-8-15-9-11(2)3/h11,13-14H,5-10H2,1-4H3. The summed E-state index contributed by atoms with van der Waals surface area (Å²) in [5.41, 5.74) is -0.188. The van der Waals surface area contributed by atoms with Crippen LogP contribution >= 0.6 is 0 Å². The lowest BCUT2D eigenvalue weighted by Gasteiger charge is -2.28. The molecule has 2 N–H and O–H groups in total. The van der Waals surface area contributed by atoms with Crippen LogP contribution in [-0.2, 0) is 4.74 Å². The Labute approximate surface area is 94.2 Å². The van der Waals surface area contributed by atoms with Gasteiger partial charge in [0, 0.05) is 18.8 Å². The third-order valence-corrected chi connectivity index (χ3v) is 2.40. The Morgan fingerprint density at radius 1 is 1.40 bits per heavy atom. The Bertz CT molecular complexity index is 151. The predicted molar refractivity (Wildman–Crippen MR) is 64.1 cm³/mol. The smallest absolute Gasteiger partial charge is 0.0611 e. The predicted octanol–water partition coefficient (Wildman–Crippen LogP) is 1.80. The van der Waals surface area contributed by atoms with Gasteiger partial charge in [-0.05, 0) is 32.2 Å². The summed E-state index contributed by atoms with van der Waals surface area (Å²) in [6.45, 7) is 11.1. The van der Waals surface area contributed by atoms with Crippen molar-refractivity contribution in [2.24, 2.45) is 5.92 Å². The Kier molecular flexibility index (Phi) is 8.02. The van der Waals surface area contributed by atoms with Crippen LogP contribution in [0, 0.1) is 5.92 Å². The molecule has 0 aliphatic rings. The number of hydrogen-bond donors (Lipinski definition) is 2. The minimum absolute atomic E-state index is 0.165. The van der Waals surface area contributed by atoms with E-state index in [-0.39, 0.29) is 12.1 Å². The Morgan fingerprint density at radius 3 is 2.53 bits per heavy atom. The fraction of sp³-hybridized carbons (Fsp3) is 1.00. The van der Waals surface area contributed by atoms with Crippen molar-refractivity contribution in [1.29, 1.82) is 0 Å². The first-order valence-electron chi connectivity index (χ1n) is 5.97. The second-order valence-corrected chi connectivity index (χ2v) is 4.86. The SMILES string of the molecule is CCCNC(C)(CO)CCOCC(C)C. The molecule has 0 aromatic rings. The van der Waals surface area contributed by atoms with Crippen LogP contribution in [-0.4, -0.2) is 37.0 Å². The quantitative estimate of drug-likeness (QED) is 0.579. The fourth-order valence-electron chi connectivity index (χ4n) is 1.27. The molecule has 0 spiro atoms. The van der Waals surface area contributed by atoms with Crippen molar-refractivity contribution < 1.29 is 9.84 Å². The van der Waals surface area contributed by atoms with Crippen molar-refractivity contribution >= 4 is 0 Å². The van der Waals surface area contributed by atoms with Crippen LogP contribution < -0.4 is 5.32 Å². The molecule has 0 saturated carbocycles. The number of nitrogens with one attached hydrogen (secondary N) is 1. The molecular formula is C12H27NO2. The van der Waals surface area contributed by atoms with E-state index in [2.05, 4.69) is 26.1 Å². The molecule has 1 unspecified atom stereocenters. The minimum atomic E-state index is -0.188. The molecule has 15 heavy (non-hydrogen) atoms. The second kappa shape index (κ2) is 8.08. The third kappa shape index (κ3) is 7.77. The van der Waals surface area contributed by atoms with Crippen molar-refractivity contribution in [3.8, 4) is 0 Å². The van der Waals surface area contributed by atoms with Gasteiger partial charge >= 0.3 is 0 Å². The monoisotopic (exact) mass is 217 g/mol. The van der Waals surface area contributed by atoms with Crippen molar-refractivity contribution in [1.82, 2.24) is 5.32 Å². The summed E-state index contributed by atoms with van der Waals surface area (Å²) in [7, 11) is 0. The molecule has 0 bridgehead atoms. The zero-order chi connectivity index (χ0) is 11.7. The summed E-state index contributed by atoms with van der Waals surface area (Å²) < 4.78 is 5.52. The van der Waals surface area contributed by atoms with Gasteiger partial charge in [-0.25, -0.2) is 0 Å². The molecular weight excluding hydrogens is 190 g/mol. The molecule has 0 aliphatic carbocycles. The molecule has 0 aromatic carbocycles. The summed E-state index contributed by atoms with van der Waals surface area (Å²) in [6.07, 6.45) is 1.94. The van der Waals surface area contributed by atoms with E-state index in [1.165, 1.54) is 0 Å². The highest BCUT2D eigenvalue weighted by atomic mass is 16.5. The minimum Gasteiger partial charge on any atom is -0.394 e. The number of ether oxygens (including phenoxy) is 1. The van der Waals surface area contributed by atoms with Gasteiger partial charge in [0.25, 0.3) is 0 Å². The van der Waals surface area contributed by atoms with Crippen molar-refractivity contribution in [3.05, 3.63) is 0 Å². The number of rotatable bonds is 9. The number of aliphatic hydroxyl groups is 1. The van der Waals surface area contributed by atoms with Crippen molar-refractivity contribution in [3.63, 3.8) is 0 Å². The lowest BCUT2D eigenvalue weighted by atomic mass is 9.99.